The van der Waals surface area contributed by atoms with Gasteiger partial charge in [-0.05, 0) is 40.5 Å². The predicted octanol–water partition coefficient (Wildman–Crippen LogP) is 5.53. The van der Waals surface area contributed by atoms with Crippen molar-refractivity contribution in [1.29, 1.82) is 0 Å². The molecule has 1 atom stereocenters. The molecule has 0 bridgehead atoms. The first-order chi connectivity index (χ1) is 10.3. The molecule has 106 valence electrons. The molecule has 0 aliphatic carbocycles. The highest BCUT2D eigenvalue weighted by atomic mass is 79.9. The highest BCUT2D eigenvalue weighted by Crippen LogP contribution is 2.30. The van der Waals surface area contributed by atoms with Crippen LogP contribution in [0.15, 0.2) is 66.7 Å². The van der Waals surface area contributed by atoms with Crippen LogP contribution in [-0.2, 0) is 6.42 Å². The lowest BCUT2D eigenvalue weighted by atomic mass is 10.0. The zero-order valence-corrected chi connectivity index (χ0v) is 13.5. The number of rotatable bonds is 4. The van der Waals surface area contributed by atoms with Gasteiger partial charge in [-0.15, -0.1) is 0 Å². The van der Waals surface area contributed by atoms with E-state index in [1.807, 2.05) is 12.1 Å². The first-order valence-corrected chi connectivity index (χ1v) is 7.93. The topological polar surface area (TPSA) is 9.23 Å². The van der Waals surface area contributed by atoms with Crippen molar-refractivity contribution in [1.82, 2.24) is 0 Å². The van der Waals surface area contributed by atoms with E-state index in [0.29, 0.717) is 4.83 Å². The molecular weight excluding hydrogens is 324 g/mol. The van der Waals surface area contributed by atoms with Crippen LogP contribution in [0.1, 0.15) is 16.0 Å². The molecule has 21 heavy (non-hydrogen) atoms. The average molecular weight is 341 g/mol. The quantitative estimate of drug-likeness (QED) is 0.567. The smallest absolute Gasteiger partial charge is 0.119 e. The molecule has 0 fully saturated rings. The molecule has 0 radical (unpaired) electrons. The lowest BCUT2D eigenvalue weighted by Crippen LogP contribution is -1.96. The first-order valence-electron chi connectivity index (χ1n) is 7.02. The van der Waals surface area contributed by atoms with Crippen molar-refractivity contribution >= 4 is 26.7 Å². The number of hydrogen-bond donors (Lipinski definition) is 0. The zero-order chi connectivity index (χ0) is 14.7. The molecule has 1 unspecified atom stereocenters. The number of ether oxygens (including phenoxy) is 1. The molecule has 2 heteroatoms. The fourth-order valence-corrected chi connectivity index (χ4v) is 3.19. The number of alkyl halides is 1. The Balaban J connectivity index is 1.84. The number of halogens is 1. The first kappa shape index (κ1) is 14.2. The van der Waals surface area contributed by atoms with Gasteiger partial charge in [0.05, 0.1) is 7.11 Å². The highest BCUT2D eigenvalue weighted by Gasteiger charge is 2.09. The summed E-state index contributed by atoms with van der Waals surface area (Å²) in [5, 5.41) is 2.56. The molecule has 3 rings (SSSR count). The number of hydrogen-bond acceptors (Lipinski definition) is 1. The molecule has 0 N–H and O–H groups in total. The summed E-state index contributed by atoms with van der Waals surface area (Å²) < 4.78 is 5.28. The fraction of sp³-hybridized carbons (Fsp3) is 0.158. The molecule has 0 aromatic heterocycles. The summed E-state index contributed by atoms with van der Waals surface area (Å²) in [6.45, 7) is 0. The van der Waals surface area contributed by atoms with Gasteiger partial charge in [0.2, 0.25) is 0 Å². The number of methoxy groups -OCH3 is 1. The second-order valence-electron chi connectivity index (χ2n) is 5.13. The lowest BCUT2D eigenvalue weighted by Gasteiger charge is -2.12. The lowest BCUT2D eigenvalue weighted by molar-refractivity contribution is 0.414. The SMILES string of the molecule is COc1cccc(CC(Br)c2ccc3ccccc3c2)c1. The van der Waals surface area contributed by atoms with Gasteiger partial charge < -0.3 is 4.74 Å². The second-order valence-corrected chi connectivity index (χ2v) is 6.24. The molecule has 0 spiro atoms. The molecule has 0 aliphatic heterocycles. The Kier molecular flexibility index (Phi) is 4.26. The standard InChI is InChI=1S/C19H17BrO/c1-21-18-8-4-5-14(11-18)12-19(20)17-10-9-15-6-2-3-7-16(15)13-17/h2-11,13,19H,12H2,1H3. The Labute approximate surface area is 133 Å². The monoisotopic (exact) mass is 340 g/mol. The maximum atomic E-state index is 5.28. The van der Waals surface area contributed by atoms with E-state index in [1.54, 1.807) is 7.11 Å². The van der Waals surface area contributed by atoms with Crippen LogP contribution in [0.5, 0.6) is 5.75 Å². The maximum absolute atomic E-state index is 5.28. The van der Waals surface area contributed by atoms with Gasteiger partial charge in [-0.2, -0.15) is 0 Å². The third kappa shape index (κ3) is 3.27. The van der Waals surface area contributed by atoms with Crippen molar-refractivity contribution in [2.45, 2.75) is 11.2 Å². The van der Waals surface area contributed by atoms with E-state index in [2.05, 4.69) is 70.5 Å². The summed E-state index contributed by atoms with van der Waals surface area (Å²) in [5.74, 6) is 0.908. The van der Waals surface area contributed by atoms with Crippen molar-refractivity contribution < 1.29 is 4.74 Å². The van der Waals surface area contributed by atoms with Crippen LogP contribution in [0.3, 0.4) is 0 Å². The fourth-order valence-electron chi connectivity index (χ4n) is 2.53. The third-order valence-electron chi connectivity index (χ3n) is 3.68. The molecular formula is C19H17BrO. The minimum absolute atomic E-state index is 0.300. The number of benzene rings is 3. The summed E-state index contributed by atoms with van der Waals surface area (Å²) in [5.41, 5.74) is 2.57. The van der Waals surface area contributed by atoms with E-state index in [-0.39, 0.29) is 0 Å². The van der Waals surface area contributed by atoms with Crippen LogP contribution < -0.4 is 4.74 Å². The summed E-state index contributed by atoms with van der Waals surface area (Å²) >= 11 is 3.81. The van der Waals surface area contributed by atoms with Crippen molar-refractivity contribution in [3.63, 3.8) is 0 Å². The largest absolute Gasteiger partial charge is 0.497 e. The van der Waals surface area contributed by atoms with Crippen LogP contribution in [-0.4, -0.2) is 7.11 Å². The van der Waals surface area contributed by atoms with Gasteiger partial charge in [-0.25, -0.2) is 0 Å². The third-order valence-corrected chi connectivity index (χ3v) is 4.54. The Morgan fingerprint density at radius 3 is 2.52 bits per heavy atom. The minimum atomic E-state index is 0.300. The maximum Gasteiger partial charge on any atom is 0.119 e. The second kappa shape index (κ2) is 6.31. The van der Waals surface area contributed by atoms with E-state index >= 15 is 0 Å². The minimum Gasteiger partial charge on any atom is -0.497 e. The summed E-state index contributed by atoms with van der Waals surface area (Å²) in [6.07, 6.45) is 0.940. The van der Waals surface area contributed by atoms with Gasteiger partial charge in [0.1, 0.15) is 5.75 Å². The average Bonchev–Trinajstić information content (AvgIpc) is 2.54. The molecule has 3 aromatic rings. The van der Waals surface area contributed by atoms with E-state index in [0.717, 1.165) is 12.2 Å². The molecule has 0 aliphatic rings. The Hall–Kier alpha value is -1.80. The molecule has 0 heterocycles. The number of fused-ring (bicyclic) bond motifs is 1. The Morgan fingerprint density at radius 2 is 1.71 bits per heavy atom. The van der Waals surface area contributed by atoms with Crippen LogP contribution in [0.2, 0.25) is 0 Å². The van der Waals surface area contributed by atoms with Crippen LogP contribution >= 0.6 is 15.9 Å². The zero-order valence-electron chi connectivity index (χ0n) is 11.9. The van der Waals surface area contributed by atoms with Crippen molar-refractivity contribution in [2.75, 3.05) is 7.11 Å². The molecule has 0 saturated heterocycles. The molecule has 1 nitrogen and oxygen atoms in total. The van der Waals surface area contributed by atoms with Gasteiger partial charge in [0.25, 0.3) is 0 Å². The van der Waals surface area contributed by atoms with E-state index in [4.69, 9.17) is 4.74 Å². The van der Waals surface area contributed by atoms with Gasteiger partial charge in [0.15, 0.2) is 0 Å². The summed E-state index contributed by atoms with van der Waals surface area (Å²) in [7, 11) is 1.70. The molecule has 0 saturated carbocycles. The van der Waals surface area contributed by atoms with E-state index in [1.165, 1.54) is 21.9 Å². The van der Waals surface area contributed by atoms with Gasteiger partial charge in [0, 0.05) is 4.83 Å². The summed E-state index contributed by atoms with van der Waals surface area (Å²) in [4.78, 5) is 0.300. The van der Waals surface area contributed by atoms with Gasteiger partial charge in [-0.3, -0.25) is 0 Å². The highest BCUT2D eigenvalue weighted by molar-refractivity contribution is 9.09. The van der Waals surface area contributed by atoms with Crippen LogP contribution in [0, 0.1) is 0 Å². The van der Waals surface area contributed by atoms with Gasteiger partial charge in [-0.1, -0.05) is 70.5 Å². The van der Waals surface area contributed by atoms with Crippen molar-refractivity contribution in [2.24, 2.45) is 0 Å². The molecule has 3 aromatic carbocycles. The van der Waals surface area contributed by atoms with Crippen LogP contribution in [0.4, 0.5) is 0 Å². The Bertz CT molecular complexity index is 751. The normalized spacial score (nSPS) is 12.3. The van der Waals surface area contributed by atoms with Crippen molar-refractivity contribution in [3.05, 3.63) is 77.9 Å². The van der Waals surface area contributed by atoms with Crippen molar-refractivity contribution in [3.8, 4) is 5.75 Å². The Morgan fingerprint density at radius 1 is 0.905 bits per heavy atom. The van der Waals surface area contributed by atoms with E-state index in [9.17, 15) is 0 Å². The summed E-state index contributed by atoms with van der Waals surface area (Å²) in [6, 6.07) is 23.3. The van der Waals surface area contributed by atoms with Crippen LogP contribution in [0.25, 0.3) is 10.8 Å². The molecule has 0 amide bonds. The predicted molar refractivity (Wildman–Crippen MR) is 92.3 cm³/mol. The van der Waals surface area contributed by atoms with Gasteiger partial charge >= 0.3 is 0 Å². The van der Waals surface area contributed by atoms with E-state index < -0.39 is 0 Å².